The molecule has 0 saturated heterocycles. The van der Waals surface area contributed by atoms with Gasteiger partial charge in [-0.05, 0) is 48.6 Å². The minimum atomic E-state index is -4.44. The normalized spacial score (nSPS) is 13.6. The molecule has 0 fully saturated rings. The molecule has 36 heavy (non-hydrogen) atoms. The highest BCUT2D eigenvalue weighted by Gasteiger charge is 2.42. The Morgan fingerprint density at radius 2 is 1.67 bits per heavy atom. The molecular weight excluding hydrogens is 471 g/mol. The number of hydrogen-bond acceptors (Lipinski definition) is 4. The molecule has 4 aromatic rings. The third kappa shape index (κ3) is 5.11. The molecule has 0 aliphatic heterocycles. The van der Waals surface area contributed by atoms with Gasteiger partial charge in [0.1, 0.15) is 5.41 Å². The molecule has 0 radical (unpaired) electrons. The number of aliphatic carboxylic acids is 1. The number of carboxylic acids is 1. The maximum absolute atomic E-state index is 13.0. The van der Waals surface area contributed by atoms with Gasteiger partial charge < -0.3 is 10.2 Å². The number of carboxylic acid groups (broad SMARTS) is 1. The molecule has 0 aliphatic rings. The zero-order chi connectivity index (χ0) is 25.8. The topological polar surface area (TPSA) is 87.7 Å². The van der Waals surface area contributed by atoms with E-state index < -0.39 is 23.1 Å². The van der Waals surface area contributed by atoms with Crippen LogP contribution in [0, 0.1) is 0 Å². The Bertz CT molecular complexity index is 1320. The lowest BCUT2D eigenvalue weighted by atomic mass is 9.74. The number of benzene rings is 2. The van der Waals surface area contributed by atoms with Crippen molar-refractivity contribution in [3.8, 4) is 11.1 Å². The number of alkyl halides is 3. The SMILES string of the molecule is O=C(O)[C@@](CCCCCO)(Cc1ccccc1)c1ccnc2c(-c3ccc(C(F)(F)F)cc3)cnn12. The van der Waals surface area contributed by atoms with Crippen molar-refractivity contribution in [1.29, 1.82) is 0 Å². The predicted octanol–water partition coefficient (Wildman–Crippen LogP) is 5.53. The van der Waals surface area contributed by atoms with Gasteiger partial charge in [-0.1, -0.05) is 55.3 Å². The van der Waals surface area contributed by atoms with E-state index in [2.05, 4.69) is 10.1 Å². The molecule has 0 aliphatic carbocycles. The lowest BCUT2D eigenvalue weighted by Gasteiger charge is -2.30. The Morgan fingerprint density at radius 3 is 2.31 bits per heavy atom. The van der Waals surface area contributed by atoms with Crippen molar-refractivity contribution in [1.82, 2.24) is 14.6 Å². The predicted molar refractivity (Wildman–Crippen MR) is 128 cm³/mol. The number of carbonyl (C=O) groups is 1. The van der Waals surface area contributed by atoms with Gasteiger partial charge >= 0.3 is 12.1 Å². The molecule has 2 aromatic heterocycles. The lowest BCUT2D eigenvalue weighted by Crippen LogP contribution is -2.40. The van der Waals surface area contributed by atoms with Crippen molar-refractivity contribution in [3.63, 3.8) is 0 Å². The quantitative estimate of drug-likeness (QED) is 0.281. The van der Waals surface area contributed by atoms with Crippen LogP contribution in [-0.2, 0) is 22.8 Å². The zero-order valence-corrected chi connectivity index (χ0v) is 19.4. The van der Waals surface area contributed by atoms with E-state index in [0.29, 0.717) is 48.2 Å². The van der Waals surface area contributed by atoms with E-state index in [1.165, 1.54) is 29.0 Å². The van der Waals surface area contributed by atoms with Crippen LogP contribution >= 0.6 is 0 Å². The fraction of sp³-hybridized carbons (Fsp3) is 0.296. The molecular formula is C27H26F3N3O3. The van der Waals surface area contributed by atoms with E-state index in [1.54, 1.807) is 6.07 Å². The highest BCUT2D eigenvalue weighted by molar-refractivity contribution is 5.83. The molecule has 188 valence electrons. The molecule has 2 aromatic carbocycles. The Kier molecular flexibility index (Phi) is 7.40. The molecule has 1 atom stereocenters. The number of nitrogens with zero attached hydrogens (tertiary/aromatic N) is 3. The Hall–Kier alpha value is -3.72. The van der Waals surface area contributed by atoms with E-state index in [4.69, 9.17) is 0 Å². The van der Waals surface area contributed by atoms with Gasteiger partial charge in [-0.3, -0.25) is 4.79 Å². The highest BCUT2D eigenvalue weighted by Crippen LogP contribution is 2.37. The van der Waals surface area contributed by atoms with Crippen molar-refractivity contribution in [3.05, 3.63) is 89.9 Å². The number of unbranched alkanes of at least 4 members (excludes halogenated alkanes) is 2. The van der Waals surface area contributed by atoms with Crippen LogP contribution in [0.3, 0.4) is 0 Å². The Balaban J connectivity index is 1.81. The second kappa shape index (κ2) is 10.5. The summed E-state index contributed by atoms with van der Waals surface area (Å²) in [5, 5.41) is 24.2. The van der Waals surface area contributed by atoms with E-state index >= 15 is 0 Å². The van der Waals surface area contributed by atoms with E-state index in [-0.39, 0.29) is 13.0 Å². The number of aliphatic hydroxyl groups excluding tert-OH is 1. The summed E-state index contributed by atoms with van der Waals surface area (Å²) in [4.78, 5) is 17.3. The third-order valence-corrected chi connectivity index (χ3v) is 6.43. The van der Waals surface area contributed by atoms with Gasteiger partial charge in [0.25, 0.3) is 0 Å². The van der Waals surface area contributed by atoms with Crippen LogP contribution < -0.4 is 0 Å². The van der Waals surface area contributed by atoms with Crippen molar-refractivity contribution in [2.24, 2.45) is 0 Å². The minimum absolute atomic E-state index is 0.0356. The third-order valence-electron chi connectivity index (χ3n) is 6.43. The van der Waals surface area contributed by atoms with Crippen LogP contribution in [0.25, 0.3) is 16.8 Å². The summed E-state index contributed by atoms with van der Waals surface area (Å²) in [6.45, 7) is 0.0356. The van der Waals surface area contributed by atoms with Gasteiger partial charge in [0.2, 0.25) is 0 Å². The first-order valence-electron chi connectivity index (χ1n) is 11.7. The smallest absolute Gasteiger partial charge is 0.416 e. The van der Waals surface area contributed by atoms with Gasteiger partial charge in [0, 0.05) is 18.4 Å². The second-order valence-corrected chi connectivity index (χ2v) is 8.78. The van der Waals surface area contributed by atoms with Crippen LogP contribution in [0.2, 0.25) is 0 Å². The largest absolute Gasteiger partial charge is 0.481 e. The van der Waals surface area contributed by atoms with Gasteiger partial charge in [-0.2, -0.15) is 18.3 Å². The number of aliphatic hydroxyl groups is 1. The average molecular weight is 498 g/mol. The summed E-state index contributed by atoms with van der Waals surface area (Å²) in [6.07, 6.45) is 0.918. The minimum Gasteiger partial charge on any atom is -0.481 e. The molecule has 0 amide bonds. The van der Waals surface area contributed by atoms with Gasteiger partial charge in [-0.15, -0.1) is 0 Å². The Labute approximate surface area is 206 Å². The van der Waals surface area contributed by atoms with Gasteiger partial charge in [0.05, 0.1) is 17.5 Å². The van der Waals surface area contributed by atoms with Crippen molar-refractivity contribution >= 4 is 11.6 Å². The van der Waals surface area contributed by atoms with Crippen LogP contribution in [0.5, 0.6) is 0 Å². The molecule has 4 rings (SSSR count). The maximum Gasteiger partial charge on any atom is 0.416 e. The molecule has 2 N–H and O–H groups in total. The summed E-state index contributed by atoms with van der Waals surface area (Å²) in [5.41, 5.74) is 0.558. The van der Waals surface area contributed by atoms with Crippen molar-refractivity contribution < 1.29 is 28.2 Å². The number of hydrogen-bond donors (Lipinski definition) is 2. The standard InChI is InChI=1S/C27H26F3N3O3/c28-27(29,30)21-11-9-20(10-12-21)22-18-32-33-23(13-15-31-24(22)33)26(25(35)36,14-5-2-6-16-34)17-19-7-3-1-4-8-19/h1,3-4,7-13,15,18,34H,2,5-6,14,16-17H2,(H,35,36)/t26-/m0/s1. The zero-order valence-electron chi connectivity index (χ0n) is 19.4. The summed E-state index contributed by atoms with van der Waals surface area (Å²) in [7, 11) is 0. The number of halogens is 3. The molecule has 9 heteroatoms. The first-order chi connectivity index (χ1) is 17.3. The van der Waals surface area contributed by atoms with Crippen LogP contribution in [0.15, 0.2) is 73.1 Å². The fourth-order valence-electron chi connectivity index (χ4n) is 4.56. The van der Waals surface area contributed by atoms with Crippen molar-refractivity contribution in [2.45, 2.75) is 43.7 Å². The fourth-order valence-corrected chi connectivity index (χ4v) is 4.56. The first kappa shape index (κ1) is 25.4. The number of rotatable bonds is 10. The highest BCUT2D eigenvalue weighted by atomic mass is 19.4. The van der Waals surface area contributed by atoms with Crippen LogP contribution in [-0.4, -0.2) is 37.4 Å². The molecule has 0 unspecified atom stereocenters. The van der Waals surface area contributed by atoms with E-state index in [0.717, 1.165) is 17.7 Å². The molecule has 0 spiro atoms. The van der Waals surface area contributed by atoms with Gasteiger partial charge in [-0.25, -0.2) is 9.50 Å². The number of fused-ring (bicyclic) bond motifs is 1. The number of aromatic nitrogens is 3. The second-order valence-electron chi connectivity index (χ2n) is 8.78. The summed E-state index contributed by atoms with van der Waals surface area (Å²) >= 11 is 0. The van der Waals surface area contributed by atoms with E-state index in [1.807, 2.05) is 30.3 Å². The lowest BCUT2D eigenvalue weighted by molar-refractivity contribution is -0.144. The average Bonchev–Trinajstić information content (AvgIpc) is 3.30. The first-order valence-corrected chi connectivity index (χ1v) is 11.7. The van der Waals surface area contributed by atoms with Crippen molar-refractivity contribution in [2.75, 3.05) is 6.61 Å². The summed E-state index contributed by atoms with van der Waals surface area (Å²) in [5.74, 6) is -1.01. The maximum atomic E-state index is 13.0. The summed E-state index contributed by atoms with van der Waals surface area (Å²) < 4.78 is 40.5. The van der Waals surface area contributed by atoms with E-state index in [9.17, 15) is 28.2 Å². The molecule has 6 nitrogen and oxygen atoms in total. The Morgan fingerprint density at radius 1 is 0.944 bits per heavy atom. The van der Waals surface area contributed by atoms with Gasteiger partial charge in [0.15, 0.2) is 5.65 Å². The summed E-state index contributed by atoms with van der Waals surface area (Å²) in [6, 6.07) is 15.7. The molecule has 2 heterocycles. The monoisotopic (exact) mass is 497 g/mol. The molecule has 0 bridgehead atoms. The van der Waals surface area contributed by atoms with Crippen LogP contribution in [0.1, 0.15) is 42.5 Å². The molecule has 0 saturated carbocycles. The van der Waals surface area contributed by atoms with Crippen LogP contribution in [0.4, 0.5) is 13.2 Å².